The van der Waals surface area contributed by atoms with Crippen LogP contribution in [0.15, 0.2) is 24.3 Å². The fourth-order valence-corrected chi connectivity index (χ4v) is 7.60. The van der Waals surface area contributed by atoms with Gasteiger partial charge in [0.15, 0.2) is 0 Å². The molecule has 1 N–H and O–H groups in total. The molecule has 1 atom stereocenters. The molecule has 1 aromatic carbocycles. The molecular formula is C33H45F6N3O5. The second-order valence-corrected chi connectivity index (χ2v) is 13.2. The summed E-state index contributed by atoms with van der Waals surface area (Å²) in [5, 5.41) is 7.12. The van der Waals surface area contributed by atoms with Crippen LogP contribution in [0.4, 0.5) is 31.1 Å². The summed E-state index contributed by atoms with van der Waals surface area (Å²) in [6.45, 7) is 5.58. The van der Waals surface area contributed by atoms with Crippen LogP contribution < -0.4 is 0 Å². The number of carboxylic acids is 1. The van der Waals surface area contributed by atoms with Gasteiger partial charge in [-0.25, -0.2) is 9.59 Å². The van der Waals surface area contributed by atoms with Gasteiger partial charge in [-0.1, -0.05) is 51.2 Å². The van der Waals surface area contributed by atoms with E-state index in [9.17, 15) is 35.9 Å². The number of halogens is 6. The van der Waals surface area contributed by atoms with Crippen LogP contribution >= 0.6 is 0 Å². The molecule has 1 unspecified atom stereocenters. The first kappa shape index (κ1) is 36.8. The standard InChI is InChI=1S/C31H44F3N3O3.C2HF3O2/c1-2-3-13-27-30(40-29(39)37(27)22-23-9-5-4-6-10-23)16-20-35(21-17-30)24-14-18-36(19-15-24)28(38)25-11-7-8-12-26(25)31(32,33)34;3-2(4,5)1(6)7/h7-8,11-12,23-24,27H,2-6,9-10,13-22H2,1H3;(H,6,7). The molecule has 3 saturated heterocycles. The van der Waals surface area contributed by atoms with Gasteiger partial charge in [0.1, 0.15) is 5.60 Å². The molecule has 3 heterocycles. The van der Waals surface area contributed by atoms with Gasteiger partial charge in [0.25, 0.3) is 5.91 Å². The SMILES string of the molecule is CCCCC1N(CC2CCCCC2)C(=O)OC12CCN(C1CCN(C(=O)c3ccccc3C(F)(F)F)CC1)CC2.O=C(O)C(F)(F)F. The number of piperidine rings is 2. The van der Waals surface area contributed by atoms with Crippen molar-refractivity contribution in [3.8, 4) is 0 Å². The number of benzene rings is 1. The lowest BCUT2D eigenvalue weighted by molar-refractivity contribution is -0.192. The highest BCUT2D eigenvalue weighted by molar-refractivity contribution is 5.96. The van der Waals surface area contributed by atoms with Gasteiger partial charge >= 0.3 is 24.4 Å². The quantitative estimate of drug-likeness (QED) is 0.303. The fraction of sp³-hybridized carbons (Fsp3) is 0.727. The maximum atomic E-state index is 13.5. The molecule has 4 fully saturated rings. The second kappa shape index (κ2) is 15.5. The van der Waals surface area contributed by atoms with Crippen LogP contribution in [0.25, 0.3) is 0 Å². The Morgan fingerprint density at radius 2 is 1.53 bits per heavy atom. The zero-order valence-electron chi connectivity index (χ0n) is 26.8. The third kappa shape index (κ3) is 9.11. The van der Waals surface area contributed by atoms with E-state index < -0.39 is 35.4 Å². The molecule has 1 saturated carbocycles. The molecular weight excluding hydrogens is 632 g/mol. The molecule has 8 nitrogen and oxygen atoms in total. The van der Waals surface area contributed by atoms with Crippen LogP contribution in [0.5, 0.6) is 0 Å². The lowest BCUT2D eigenvalue weighted by Crippen LogP contribution is -2.56. The minimum atomic E-state index is -5.08. The number of amides is 2. The van der Waals surface area contributed by atoms with Crippen molar-refractivity contribution in [3.05, 3.63) is 35.4 Å². The fourth-order valence-electron chi connectivity index (χ4n) is 7.60. The number of aliphatic carboxylic acids is 1. The number of carbonyl (C=O) groups is 3. The Morgan fingerprint density at radius 3 is 2.09 bits per heavy atom. The lowest BCUT2D eigenvalue weighted by atomic mass is 9.80. The van der Waals surface area contributed by atoms with Gasteiger partial charge in [-0.2, -0.15) is 26.3 Å². The highest BCUT2D eigenvalue weighted by Crippen LogP contribution is 2.43. The number of unbranched alkanes of at least 4 members (excludes halogenated alkanes) is 1. The minimum Gasteiger partial charge on any atom is -0.475 e. The van der Waals surface area contributed by atoms with Crippen LogP contribution in [0.1, 0.15) is 99.9 Å². The number of ether oxygens (including phenoxy) is 1. The summed E-state index contributed by atoms with van der Waals surface area (Å²) in [5.74, 6) is -2.72. The molecule has 3 aliphatic heterocycles. The molecule has 0 radical (unpaired) electrons. The Morgan fingerprint density at radius 1 is 0.936 bits per heavy atom. The van der Waals surface area contributed by atoms with E-state index in [0.717, 1.165) is 70.6 Å². The predicted octanol–water partition coefficient (Wildman–Crippen LogP) is 7.37. The normalized spacial score (nSPS) is 23.0. The number of nitrogens with zero attached hydrogens (tertiary/aromatic N) is 3. The molecule has 14 heteroatoms. The number of hydrogen-bond donors (Lipinski definition) is 1. The zero-order valence-corrected chi connectivity index (χ0v) is 26.8. The maximum absolute atomic E-state index is 13.5. The van der Waals surface area contributed by atoms with Crippen molar-refractivity contribution in [1.82, 2.24) is 14.7 Å². The van der Waals surface area contributed by atoms with Crippen LogP contribution in [0.2, 0.25) is 0 Å². The van der Waals surface area contributed by atoms with E-state index >= 15 is 0 Å². The van der Waals surface area contributed by atoms with E-state index in [2.05, 4.69) is 16.7 Å². The highest BCUT2D eigenvalue weighted by atomic mass is 19.4. The van der Waals surface area contributed by atoms with E-state index in [1.54, 1.807) is 4.90 Å². The Hall–Kier alpha value is -3.03. The molecule has 5 rings (SSSR count). The van der Waals surface area contributed by atoms with E-state index in [1.165, 1.54) is 50.3 Å². The first-order chi connectivity index (χ1) is 22.2. The number of rotatable bonds is 7. The summed E-state index contributed by atoms with van der Waals surface area (Å²) in [6, 6.07) is 5.47. The zero-order chi connectivity index (χ0) is 34.4. The summed E-state index contributed by atoms with van der Waals surface area (Å²) in [7, 11) is 0. The smallest absolute Gasteiger partial charge is 0.475 e. The average Bonchev–Trinajstić information content (AvgIpc) is 3.28. The minimum absolute atomic E-state index is 0.133. The summed E-state index contributed by atoms with van der Waals surface area (Å²) >= 11 is 0. The Bertz CT molecular complexity index is 1220. The highest BCUT2D eigenvalue weighted by Gasteiger charge is 2.55. The molecule has 264 valence electrons. The molecule has 0 bridgehead atoms. The van der Waals surface area contributed by atoms with Crippen molar-refractivity contribution in [2.24, 2.45) is 5.92 Å². The van der Waals surface area contributed by atoms with Crippen LogP contribution in [0.3, 0.4) is 0 Å². The first-order valence-electron chi connectivity index (χ1n) is 16.7. The molecule has 2 amide bonds. The average molecular weight is 678 g/mol. The Labute approximate surface area is 271 Å². The molecule has 0 aromatic heterocycles. The van der Waals surface area contributed by atoms with Crippen molar-refractivity contribution in [3.63, 3.8) is 0 Å². The molecule has 4 aliphatic rings. The predicted molar refractivity (Wildman–Crippen MR) is 161 cm³/mol. The van der Waals surface area contributed by atoms with Crippen molar-refractivity contribution < 1.29 is 50.6 Å². The third-order valence-electron chi connectivity index (χ3n) is 10.1. The van der Waals surface area contributed by atoms with Crippen molar-refractivity contribution in [1.29, 1.82) is 0 Å². The van der Waals surface area contributed by atoms with Crippen molar-refractivity contribution in [2.45, 2.75) is 114 Å². The summed E-state index contributed by atoms with van der Waals surface area (Å²) in [4.78, 5) is 41.2. The van der Waals surface area contributed by atoms with Gasteiger partial charge in [-0.05, 0) is 50.2 Å². The van der Waals surface area contributed by atoms with Crippen LogP contribution in [0, 0.1) is 5.92 Å². The lowest BCUT2D eigenvalue weighted by Gasteiger charge is -2.46. The van der Waals surface area contributed by atoms with Crippen LogP contribution in [-0.4, -0.2) is 94.4 Å². The van der Waals surface area contributed by atoms with E-state index in [1.807, 2.05) is 0 Å². The molecule has 1 aliphatic carbocycles. The van der Waals surface area contributed by atoms with E-state index in [-0.39, 0.29) is 23.7 Å². The van der Waals surface area contributed by atoms with Gasteiger partial charge in [0.05, 0.1) is 17.2 Å². The monoisotopic (exact) mass is 677 g/mol. The van der Waals surface area contributed by atoms with Gasteiger partial charge in [0.2, 0.25) is 0 Å². The summed E-state index contributed by atoms with van der Waals surface area (Å²) in [5.41, 5.74) is -1.56. The van der Waals surface area contributed by atoms with E-state index in [0.29, 0.717) is 19.0 Å². The maximum Gasteiger partial charge on any atom is 0.490 e. The third-order valence-corrected chi connectivity index (χ3v) is 10.1. The van der Waals surface area contributed by atoms with Gasteiger partial charge in [0, 0.05) is 51.6 Å². The molecule has 1 spiro atoms. The topological polar surface area (TPSA) is 90.4 Å². The molecule has 47 heavy (non-hydrogen) atoms. The number of likely N-dealkylation sites (tertiary alicyclic amines) is 2. The second-order valence-electron chi connectivity index (χ2n) is 13.2. The van der Waals surface area contributed by atoms with Crippen molar-refractivity contribution >= 4 is 18.0 Å². The number of hydrogen-bond acceptors (Lipinski definition) is 5. The molecule has 1 aromatic rings. The van der Waals surface area contributed by atoms with Gasteiger partial charge in [-0.3, -0.25) is 9.69 Å². The van der Waals surface area contributed by atoms with Gasteiger partial charge in [-0.15, -0.1) is 0 Å². The number of alkyl halides is 6. The summed E-state index contributed by atoms with van der Waals surface area (Å²) < 4.78 is 78.3. The van der Waals surface area contributed by atoms with E-state index in [4.69, 9.17) is 14.6 Å². The van der Waals surface area contributed by atoms with Crippen molar-refractivity contribution in [2.75, 3.05) is 32.7 Å². The number of carboxylic acid groups (broad SMARTS) is 1. The van der Waals surface area contributed by atoms with Gasteiger partial charge < -0.3 is 19.6 Å². The largest absolute Gasteiger partial charge is 0.490 e. The summed E-state index contributed by atoms with van der Waals surface area (Å²) in [6.07, 6.45) is 2.69. The Kier molecular flexibility index (Phi) is 12.1. The van der Waals surface area contributed by atoms with Crippen LogP contribution in [-0.2, 0) is 15.7 Å². The number of carbonyl (C=O) groups excluding carboxylic acids is 2. The Balaban J connectivity index is 0.000000644. The first-order valence-corrected chi connectivity index (χ1v) is 16.7.